The molecule has 2 nitrogen and oxygen atoms in total. The van der Waals surface area contributed by atoms with E-state index in [0.717, 1.165) is 13.2 Å². The van der Waals surface area contributed by atoms with Gasteiger partial charge in [0.1, 0.15) is 0 Å². The van der Waals surface area contributed by atoms with E-state index in [4.69, 9.17) is 6.15 Å². The second-order valence-electron chi connectivity index (χ2n) is 2.93. The molecule has 0 spiro atoms. The average Bonchev–Trinajstić information content (AvgIpc) is 2.33. The van der Waals surface area contributed by atoms with Crippen molar-refractivity contribution in [1.29, 1.82) is 0 Å². The van der Waals surface area contributed by atoms with Crippen LogP contribution in [0.25, 0.3) is 0 Å². The summed E-state index contributed by atoms with van der Waals surface area (Å²) in [4.78, 5) is 2.23. The van der Waals surface area contributed by atoms with Crippen LogP contribution in [0.3, 0.4) is 0 Å². The molecule has 1 aliphatic rings. The van der Waals surface area contributed by atoms with Gasteiger partial charge in [-0.3, -0.25) is 0 Å². The fraction of sp³-hybridized carbons (Fsp3) is 1.00. The van der Waals surface area contributed by atoms with Crippen LogP contribution in [0.1, 0.15) is 19.8 Å². The van der Waals surface area contributed by atoms with E-state index in [1.807, 2.05) is 0 Å². The molecular weight excluding hydrogens is 235 g/mol. The molecule has 1 aliphatic heterocycles. The molecular formula is C7H16O2Sn. The van der Waals surface area contributed by atoms with Crippen LogP contribution in [0, 0.1) is 0 Å². The summed E-state index contributed by atoms with van der Waals surface area (Å²) in [5, 5.41) is 0. The Morgan fingerprint density at radius 3 is 2.40 bits per heavy atom. The summed E-state index contributed by atoms with van der Waals surface area (Å²) < 4.78 is 12.5. The summed E-state index contributed by atoms with van der Waals surface area (Å²) in [6, 6.07) is 0. The van der Waals surface area contributed by atoms with Crippen molar-refractivity contribution in [2.24, 2.45) is 0 Å². The molecule has 0 atom stereocenters. The zero-order chi connectivity index (χ0) is 7.45. The molecule has 0 aliphatic carbocycles. The van der Waals surface area contributed by atoms with E-state index in [-0.39, 0.29) is 0 Å². The molecule has 1 saturated heterocycles. The van der Waals surface area contributed by atoms with Crippen LogP contribution in [0.4, 0.5) is 0 Å². The molecule has 0 aromatic heterocycles. The molecule has 0 N–H and O–H groups in total. The Morgan fingerprint density at radius 2 is 1.90 bits per heavy atom. The fourth-order valence-corrected chi connectivity index (χ4v) is 8.04. The maximum atomic E-state index is 5.63. The van der Waals surface area contributed by atoms with Gasteiger partial charge in [0.15, 0.2) is 0 Å². The Hall–Kier alpha value is 0.719. The topological polar surface area (TPSA) is 18.5 Å². The van der Waals surface area contributed by atoms with Gasteiger partial charge in [-0.15, -0.1) is 0 Å². The second kappa shape index (κ2) is 3.93. The molecule has 0 saturated carbocycles. The first-order valence-corrected chi connectivity index (χ1v) is 11.2. The number of hydrogen-bond acceptors (Lipinski definition) is 2. The van der Waals surface area contributed by atoms with Gasteiger partial charge in [-0.2, -0.15) is 0 Å². The zero-order valence-electron chi connectivity index (χ0n) is 6.85. The van der Waals surface area contributed by atoms with E-state index >= 15 is 0 Å². The Balaban J connectivity index is 2.22. The van der Waals surface area contributed by atoms with E-state index in [2.05, 4.69) is 11.9 Å². The van der Waals surface area contributed by atoms with E-state index in [1.165, 1.54) is 17.3 Å². The molecule has 0 amide bonds. The van der Waals surface area contributed by atoms with Crippen molar-refractivity contribution in [3.05, 3.63) is 0 Å². The molecule has 0 aromatic carbocycles. The van der Waals surface area contributed by atoms with Crippen molar-refractivity contribution in [2.75, 3.05) is 13.2 Å². The van der Waals surface area contributed by atoms with Crippen molar-refractivity contribution in [1.82, 2.24) is 0 Å². The Bertz CT molecular complexity index is 99.8. The third kappa shape index (κ3) is 2.40. The predicted molar refractivity (Wildman–Crippen MR) is 43.2 cm³/mol. The number of hydrogen-bond donors (Lipinski definition) is 0. The van der Waals surface area contributed by atoms with Gasteiger partial charge in [-0.05, 0) is 0 Å². The van der Waals surface area contributed by atoms with E-state index in [9.17, 15) is 0 Å². The minimum atomic E-state index is -2.30. The third-order valence-corrected chi connectivity index (χ3v) is 10.1. The van der Waals surface area contributed by atoms with Gasteiger partial charge in [-0.25, -0.2) is 0 Å². The molecule has 1 fully saturated rings. The summed E-state index contributed by atoms with van der Waals surface area (Å²) in [6.45, 7) is 3.93. The van der Waals surface area contributed by atoms with Gasteiger partial charge in [0, 0.05) is 0 Å². The molecule has 1 heterocycles. The van der Waals surface area contributed by atoms with Crippen molar-refractivity contribution in [2.45, 2.75) is 29.1 Å². The van der Waals surface area contributed by atoms with Crippen LogP contribution in [0.15, 0.2) is 0 Å². The quantitative estimate of drug-likeness (QED) is 0.713. The molecule has 10 heavy (non-hydrogen) atoms. The van der Waals surface area contributed by atoms with Crippen LogP contribution in [0.5, 0.6) is 0 Å². The first-order valence-electron chi connectivity index (χ1n) is 4.05. The van der Waals surface area contributed by atoms with E-state index in [1.54, 1.807) is 0 Å². The zero-order valence-corrected chi connectivity index (χ0v) is 9.71. The van der Waals surface area contributed by atoms with Crippen molar-refractivity contribution < 1.29 is 6.15 Å². The normalized spacial score (nSPS) is 23.4. The van der Waals surface area contributed by atoms with Gasteiger partial charge in [-0.1, -0.05) is 0 Å². The minimum absolute atomic E-state index is 0.857. The van der Waals surface area contributed by atoms with Crippen LogP contribution >= 0.6 is 0 Å². The second-order valence-corrected chi connectivity index (χ2v) is 12.5. The monoisotopic (exact) mass is 252 g/mol. The number of rotatable bonds is 3. The maximum absolute atomic E-state index is 5.63. The molecule has 1 rings (SSSR count). The predicted octanol–water partition coefficient (Wildman–Crippen LogP) is 1.91. The van der Waals surface area contributed by atoms with Crippen LogP contribution < -0.4 is 0 Å². The Labute approximate surface area is 67.9 Å². The number of unbranched alkanes of at least 4 members (excludes halogenated alkanes) is 1. The summed E-state index contributed by atoms with van der Waals surface area (Å²) in [5.41, 5.74) is 0. The SMILES string of the molecule is CCC[CH2][Sn]1([CH3])[O]CC[O]1. The molecule has 60 valence electrons. The van der Waals surface area contributed by atoms with Crippen LogP contribution in [-0.4, -0.2) is 32.4 Å². The average molecular weight is 251 g/mol. The molecule has 0 unspecified atom stereocenters. The van der Waals surface area contributed by atoms with Gasteiger partial charge in [0.05, 0.1) is 0 Å². The van der Waals surface area contributed by atoms with Crippen molar-refractivity contribution in [3.63, 3.8) is 0 Å². The fourth-order valence-electron chi connectivity index (χ4n) is 1.20. The molecule has 0 radical (unpaired) electrons. The molecule has 0 aromatic rings. The summed E-state index contributed by atoms with van der Waals surface area (Å²) in [7, 11) is 0. The van der Waals surface area contributed by atoms with Gasteiger partial charge < -0.3 is 0 Å². The molecule has 0 bridgehead atoms. The van der Waals surface area contributed by atoms with Crippen molar-refractivity contribution in [3.8, 4) is 0 Å². The van der Waals surface area contributed by atoms with E-state index < -0.39 is 19.2 Å². The van der Waals surface area contributed by atoms with Crippen LogP contribution in [-0.2, 0) is 6.15 Å². The Morgan fingerprint density at radius 1 is 1.30 bits per heavy atom. The van der Waals surface area contributed by atoms with Crippen LogP contribution in [0.2, 0.25) is 9.38 Å². The third-order valence-electron chi connectivity index (χ3n) is 1.88. The van der Waals surface area contributed by atoms with Crippen molar-refractivity contribution >= 4 is 19.2 Å². The molecule has 3 heteroatoms. The summed E-state index contributed by atoms with van der Waals surface area (Å²) in [6.07, 6.45) is 2.55. The Kier molecular flexibility index (Phi) is 3.46. The van der Waals surface area contributed by atoms with Gasteiger partial charge in [0.2, 0.25) is 0 Å². The first kappa shape index (κ1) is 8.81. The standard InChI is InChI=1S/C4H9.C2H4O2.CH3.Sn/c1-3-4-2;3-1-2-4;;/h1,3-4H2,2H3;1-2H2;1H3;/q;-2;;+2. The summed E-state index contributed by atoms with van der Waals surface area (Å²) >= 11 is -2.30. The van der Waals surface area contributed by atoms with Gasteiger partial charge in [0.25, 0.3) is 0 Å². The van der Waals surface area contributed by atoms with E-state index in [0.29, 0.717) is 0 Å². The summed E-state index contributed by atoms with van der Waals surface area (Å²) in [5.74, 6) is 0. The van der Waals surface area contributed by atoms with Gasteiger partial charge >= 0.3 is 67.7 Å². The first-order chi connectivity index (χ1) is 4.77.